The van der Waals surface area contributed by atoms with Gasteiger partial charge in [-0.1, -0.05) is 12.1 Å². The standard InChI is InChI=1S/C32H28FN5O3/c1-17-3-4-21(29(39)36-32(13-14-32)31-35-28(37-38-31)19-5-6-19)16-23(17)20-9-12-25-24(15-20)26(30(40)34-2)27(41-25)18-7-10-22(33)11-8-18/h3-4,7-12,15-16,19H,5-6,13-14H2,1-2H3,(H,34,40)(H,36,39)(H,35,37,38). The minimum Gasteiger partial charge on any atom is -0.455 e. The smallest absolute Gasteiger partial charge is 0.255 e. The highest BCUT2D eigenvalue weighted by atomic mass is 19.1. The van der Waals surface area contributed by atoms with Crippen LogP contribution in [0.25, 0.3) is 33.4 Å². The van der Waals surface area contributed by atoms with Crippen molar-refractivity contribution < 1.29 is 18.4 Å². The molecule has 206 valence electrons. The zero-order valence-electron chi connectivity index (χ0n) is 22.7. The molecule has 0 radical (unpaired) electrons. The maximum Gasteiger partial charge on any atom is 0.255 e. The van der Waals surface area contributed by atoms with Crippen LogP contribution in [0.3, 0.4) is 0 Å². The number of carbonyl (C=O) groups is 2. The molecule has 0 saturated heterocycles. The topological polar surface area (TPSA) is 113 Å². The second-order valence-electron chi connectivity index (χ2n) is 11.0. The molecule has 9 heteroatoms. The van der Waals surface area contributed by atoms with Gasteiger partial charge in [0.15, 0.2) is 5.82 Å². The summed E-state index contributed by atoms with van der Waals surface area (Å²) < 4.78 is 19.7. The average Bonchev–Trinajstić information content (AvgIpc) is 3.90. The largest absolute Gasteiger partial charge is 0.455 e. The molecule has 2 heterocycles. The number of amides is 2. The van der Waals surface area contributed by atoms with Crippen molar-refractivity contribution >= 4 is 22.8 Å². The van der Waals surface area contributed by atoms with Gasteiger partial charge in [0.05, 0.1) is 5.56 Å². The van der Waals surface area contributed by atoms with Crippen molar-refractivity contribution in [3.05, 3.63) is 94.8 Å². The van der Waals surface area contributed by atoms with Crippen LogP contribution in [-0.4, -0.2) is 34.0 Å². The SMILES string of the molecule is CNC(=O)c1c(-c2ccc(F)cc2)oc2ccc(-c3cc(C(=O)NC4(c5nnc(C6CC6)[nH]5)CC4)ccc3C)cc12. The molecule has 2 fully saturated rings. The number of H-pyrrole nitrogens is 1. The summed E-state index contributed by atoms with van der Waals surface area (Å²) in [7, 11) is 1.56. The third kappa shape index (κ3) is 4.47. The number of nitrogens with one attached hydrogen (secondary N) is 3. The molecule has 0 bridgehead atoms. The molecule has 7 rings (SSSR count). The number of halogens is 1. The Hall–Kier alpha value is -4.79. The van der Waals surface area contributed by atoms with E-state index in [-0.39, 0.29) is 17.6 Å². The molecule has 3 N–H and O–H groups in total. The highest BCUT2D eigenvalue weighted by Crippen LogP contribution is 2.46. The minimum absolute atomic E-state index is 0.179. The maximum atomic E-state index is 13.6. The first-order valence-electron chi connectivity index (χ1n) is 13.8. The van der Waals surface area contributed by atoms with Gasteiger partial charge >= 0.3 is 0 Å². The van der Waals surface area contributed by atoms with E-state index >= 15 is 0 Å². The molecule has 0 spiro atoms. The number of aryl methyl sites for hydroxylation is 1. The quantitative estimate of drug-likeness (QED) is 0.231. The molecule has 8 nitrogen and oxygen atoms in total. The van der Waals surface area contributed by atoms with Gasteiger partial charge in [0.2, 0.25) is 0 Å². The van der Waals surface area contributed by atoms with Crippen LogP contribution >= 0.6 is 0 Å². The van der Waals surface area contributed by atoms with Gasteiger partial charge in [0.25, 0.3) is 11.8 Å². The van der Waals surface area contributed by atoms with Crippen LogP contribution in [0.4, 0.5) is 4.39 Å². The fourth-order valence-electron chi connectivity index (χ4n) is 5.36. The molecule has 2 saturated carbocycles. The van der Waals surface area contributed by atoms with Crippen molar-refractivity contribution in [2.45, 2.75) is 44.1 Å². The Balaban J connectivity index is 1.23. The number of rotatable bonds is 7. The summed E-state index contributed by atoms with van der Waals surface area (Å²) in [4.78, 5) is 29.8. The van der Waals surface area contributed by atoms with E-state index in [0.29, 0.717) is 39.3 Å². The van der Waals surface area contributed by atoms with Gasteiger partial charge in [-0.15, -0.1) is 10.2 Å². The van der Waals surface area contributed by atoms with E-state index in [0.717, 1.165) is 54.0 Å². The lowest BCUT2D eigenvalue weighted by molar-refractivity contribution is 0.0927. The lowest BCUT2D eigenvalue weighted by Crippen LogP contribution is -2.35. The monoisotopic (exact) mass is 549 g/mol. The Morgan fingerprint density at radius 1 is 0.976 bits per heavy atom. The van der Waals surface area contributed by atoms with Gasteiger partial charge in [0, 0.05) is 29.5 Å². The first kappa shape index (κ1) is 25.2. The second kappa shape index (κ2) is 9.40. The highest BCUT2D eigenvalue weighted by molar-refractivity contribution is 6.12. The highest BCUT2D eigenvalue weighted by Gasteiger charge is 2.49. The minimum atomic E-state index is -0.503. The molecule has 2 aliphatic rings. The number of benzene rings is 3. The van der Waals surface area contributed by atoms with Gasteiger partial charge in [0.1, 0.15) is 28.5 Å². The Morgan fingerprint density at radius 3 is 2.44 bits per heavy atom. The Kier molecular flexibility index (Phi) is 5.78. The van der Waals surface area contributed by atoms with Crippen molar-refractivity contribution in [2.24, 2.45) is 0 Å². The molecule has 0 atom stereocenters. The molecule has 0 aliphatic heterocycles. The fourth-order valence-corrected chi connectivity index (χ4v) is 5.36. The van der Waals surface area contributed by atoms with Crippen molar-refractivity contribution in [3.63, 3.8) is 0 Å². The molecule has 2 aromatic heterocycles. The van der Waals surface area contributed by atoms with Crippen molar-refractivity contribution in [1.82, 2.24) is 25.8 Å². The summed E-state index contributed by atoms with van der Waals surface area (Å²) >= 11 is 0. The first-order valence-corrected chi connectivity index (χ1v) is 13.8. The van der Waals surface area contributed by atoms with Crippen LogP contribution in [0.1, 0.15) is 69.5 Å². The Morgan fingerprint density at radius 2 is 1.73 bits per heavy atom. The zero-order valence-corrected chi connectivity index (χ0v) is 22.7. The average molecular weight is 550 g/mol. The number of nitrogens with zero attached hydrogens (tertiary/aromatic N) is 2. The fraction of sp³-hybridized carbons (Fsp3) is 0.250. The number of furan rings is 1. The predicted molar refractivity (Wildman–Crippen MR) is 152 cm³/mol. The molecule has 0 unspecified atom stereocenters. The summed E-state index contributed by atoms with van der Waals surface area (Å²) in [6.45, 7) is 1.98. The van der Waals surface area contributed by atoms with Gasteiger partial charge in [-0.25, -0.2) is 4.39 Å². The number of hydrogen-bond acceptors (Lipinski definition) is 5. The van der Waals surface area contributed by atoms with Gasteiger partial charge in [-0.2, -0.15) is 0 Å². The van der Waals surface area contributed by atoms with Crippen LogP contribution in [0.2, 0.25) is 0 Å². The van der Waals surface area contributed by atoms with Gasteiger partial charge < -0.3 is 20.0 Å². The number of carbonyl (C=O) groups excluding carboxylic acids is 2. The summed E-state index contributed by atoms with van der Waals surface area (Å²) in [6.07, 6.45) is 3.88. The molecule has 2 aliphatic carbocycles. The lowest BCUT2D eigenvalue weighted by Gasteiger charge is -2.16. The molecule has 41 heavy (non-hydrogen) atoms. The van der Waals surface area contributed by atoms with E-state index in [4.69, 9.17) is 4.42 Å². The van der Waals surface area contributed by atoms with E-state index in [2.05, 4.69) is 25.8 Å². The van der Waals surface area contributed by atoms with Crippen LogP contribution in [0.5, 0.6) is 0 Å². The van der Waals surface area contributed by atoms with Crippen molar-refractivity contribution in [3.8, 4) is 22.5 Å². The van der Waals surface area contributed by atoms with E-state index in [1.807, 2.05) is 43.3 Å². The van der Waals surface area contributed by atoms with Crippen molar-refractivity contribution in [1.29, 1.82) is 0 Å². The summed E-state index contributed by atoms with van der Waals surface area (Å²) in [5, 5.41) is 15.1. The molecule has 5 aromatic rings. The van der Waals surface area contributed by atoms with Crippen molar-refractivity contribution in [2.75, 3.05) is 7.05 Å². The third-order valence-electron chi connectivity index (χ3n) is 8.08. The van der Waals surface area contributed by atoms with E-state index in [1.165, 1.54) is 12.1 Å². The van der Waals surface area contributed by atoms with Gasteiger partial charge in [-0.05, 0) is 97.8 Å². The lowest BCUT2D eigenvalue weighted by atomic mass is 9.95. The Labute approximate surface area is 235 Å². The van der Waals surface area contributed by atoms with Crippen LogP contribution in [0, 0.1) is 12.7 Å². The van der Waals surface area contributed by atoms with Gasteiger partial charge in [-0.3, -0.25) is 9.59 Å². The Bertz CT molecular complexity index is 1830. The predicted octanol–water partition coefficient (Wildman–Crippen LogP) is 5.99. The van der Waals surface area contributed by atoms with Crippen LogP contribution in [-0.2, 0) is 5.54 Å². The van der Waals surface area contributed by atoms with Crippen LogP contribution < -0.4 is 10.6 Å². The van der Waals surface area contributed by atoms with Crippen LogP contribution in [0.15, 0.2) is 65.1 Å². The normalized spacial score (nSPS) is 15.6. The molecule has 2 amide bonds. The first-order chi connectivity index (χ1) is 19.8. The molecule has 3 aromatic carbocycles. The summed E-state index contributed by atoms with van der Waals surface area (Å²) in [5.41, 5.74) is 4.22. The van der Waals surface area contributed by atoms with E-state index in [1.54, 1.807) is 19.2 Å². The summed E-state index contributed by atoms with van der Waals surface area (Å²) in [6, 6.07) is 17.1. The number of fused-ring (bicyclic) bond motifs is 1. The summed E-state index contributed by atoms with van der Waals surface area (Å²) in [5.74, 6) is 1.61. The zero-order chi connectivity index (χ0) is 28.3. The third-order valence-corrected chi connectivity index (χ3v) is 8.08. The number of aromatic amines is 1. The van der Waals surface area contributed by atoms with E-state index < -0.39 is 5.54 Å². The number of aromatic nitrogens is 3. The number of hydrogen-bond donors (Lipinski definition) is 3. The maximum absolute atomic E-state index is 13.6. The molecular formula is C32H28FN5O3. The second-order valence-corrected chi connectivity index (χ2v) is 11.0. The van der Waals surface area contributed by atoms with E-state index in [9.17, 15) is 14.0 Å². The molecular weight excluding hydrogens is 521 g/mol.